The summed E-state index contributed by atoms with van der Waals surface area (Å²) in [6, 6.07) is 7.70. The first kappa shape index (κ1) is 21.7. The fourth-order valence-corrected chi connectivity index (χ4v) is 7.35. The third-order valence-electron chi connectivity index (χ3n) is 6.49. The molecule has 3 amide bonds. The molecule has 4 rings (SSSR count). The Balaban J connectivity index is 1.20. The predicted octanol–water partition coefficient (Wildman–Crippen LogP) is 4.57. The van der Waals surface area contributed by atoms with E-state index in [4.69, 9.17) is 0 Å². The van der Waals surface area contributed by atoms with Gasteiger partial charge in [0.25, 0.3) is 0 Å². The van der Waals surface area contributed by atoms with Crippen molar-refractivity contribution in [2.24, 2.45) is 23.7 Å². The van der Waals surface area contributed by atoms with Crippen LogP contribution in [0.4, 0.5) is 5.69 Å². The third-order valence-corrected chi connectivity index (χ3v) is 10.4. The predicted molar refractivity (Wildman–Crippen MR) is 127 cm³/mol. The molecule has 8 heteroatoms. The number of hydrogen-bond acceptors (Lipinski definition) is 3. The summed E-state index contributed by atoms with van der Waals surface area (Å²) in [6.45, 7) is 0.475. The quantitative estimate of drug-likeness (QED) is 0.206. The first-order chi connectivity index (χ1) is 13.9. The highest BCUT2D eigenvalue weighted by Crippen LogP contribution is 2.60. The maximum Gasteiger partial charge on any atom is 0.233 e. The molecule has 0 radical (unpaired) electrons. The molecule has 6 unspecified atom stereocenters. The molecule has 3 fully saturated rings. The van der Waals surface area contributed by atoms with E-state index in [1.807, 2.05) is 24.3 Å². The van der Waals surface area contributed by atoms with Gasteiger partial charge in [0, 0.05) is 31.9 Å². The first-order valence-corrected chi connectivity index (χ1v) is 13.0. The van der Waals surface area contributed by atoms with E-state index in [1.54, 1.807) is 0 Å². The molecule has 3 aliphatic rings. The number of amides is 3. The molecule has 0 aromatic heterocycles. The van der Waals surface area contributed by atoms with Crippen molar-refractivity contribution in [2.45, 2.75) is 41.8 Å². The van der Waals surface area contributed by atoms with E-state index in [0.717, 1.165) is 34.9 Å². The number of carbonyl (C=O) groups excluding carboxylic acids is 3. The van der Waals surface area contributed by atoms with Crippen LogP contribution in [0.1, 0.15) is 32.1 Å². The normalized spacial score (nSPS) is 32.7. The molecule has 1 aliphatic heterocycles. The highest BCUT2D eigenvalue weighted by molar-refractivity contribution is 14.1. The lowest BCUT2D eigenvalue weighted by Gasteiger charge is -2.28. The molecule has 1 N–H and O–H groups in total. The van der Waals surface area contributed by atoms with E-state index >= 15 is 0 Å². The molecule has 156 valence electrons. The Bertz CT molecular complexity index is 787. The van der Waals surface area contributed by atoms with E-state index in [0.29, 0.717) is 13.0 Å². The van der Waals surface area contributed by atoms with E-state index in [-0.39, 0.29) is 51.0 Å². The smallest absolute Gasteiger partial charge is 0.233 e. The summed E-state index contributed by atoms with van der Waals surface area (Å²) in [5.74, 6) is 0.301. The number of benzene rings is 1. The van der Waals surface area contributed by atoms with Crippen molar-refractivity contribution in [2.75, 3.05) is 11.9 Å². The number of halogens is 3. The van der Waals surface area contributed by atoms with Gasteiger partial charge in [0.05, 0.1) is 11.8 Å². The minimum atomic E-state index is -0.134. The van der Waals surface area contributed by atoms with E-state index < -0.39 is 0 Å². The summed E-state index contributed by atoms with van der Waals surface area (Å²) in [7, 11) is 0. The summed E-state index contributed by atoms with van der Waals surface area (Å²) >= 11 is 9.65. The van der Waals surface area contributed by atoms with Crippen LogP contribution in [0, 0.1) is 27.2 Å². The van der Waals surface area contributed by atoms with Crippen LogP contribution >= 0.6 is 54.5 Å². The maximum absolute atomic E-state index is 12.8. The monoisotopic (exact) mass is 636 g/mol. The number of unbranched alkanes of at least 4 members (excludes halogenated alkanes) is 2. The van der Waals surface area contributed by atoms with Crippen molar-refractivity contribution in [3.05, 3.63) is 27.8 Å². The van der Waals surface area contributed by atoms with Gasteiger partial charge in [0.1, 0.15) is 0 Å². The van der Waals surface area contributed by atoms with Crippen molar-refractivity contribution in [3.8, 4) is 0 Å². The van der Waals surface area contributed by atoms with Gasteiger partial charge in [-0.1, -0.05) is 38.3 Å². The number of nitrogens with one attached hydrogen (secondary N) is 1. The van der Waals surface area contributed by atoms with E-state index in [1.165, 1.54) is 4.90 Å². The Morgan fingerprint density at radius 1 is 1.00 bits per heavy atom. The topological polar surface area (TPSA) is 66.5 Å². The second-order valence-corrected chi connectivity index (χ2v) is 11.6. The SMILES string of the molecule is O=C(CCCCCN1C(=O)C2C3CC(C(Br)C3Br)C2C1=O)Nc1ccc(I)cc1. The summed E-state index contributed by atoms with van der Waals surface area (Å²) in [6.07, 6.45) is 3.72. The second kappa shape index (κ2) is 8.94. The van der Waals surface area contributed by atoms with Crippen LogP contribution in [-0.4, -0.2) is 38.8 Å². The van der Waals surface area contributed by atoms with Gasteiger partial charge in [-0.25, -0.2) is 0 Å². The number of hydrogen-bond donors (Lipinski definition) is 1. The summed E-state index contributed by atoms with van der Waals surface area (Å²) < 4.78 is 1.13. The van der Waals surface area contributed by atoms with Gasteiger partial charge in [-0.3, -0.25) is 19.3 Å². The lowest BCUT2D eigenvalue weighted by Crippen LogP contribution is -2.37. The average Bonchev–Trinajstić information content (AvgIpc) is 3.29. The van der Waals surface area contributed by atoms with E-state index in [9.17, 15) is 14.4 Å². The number of rotatable bonds is 7. The molecule has 2 aliphatic carbocycles. The molecule has 2 saturated carbocycles. The number of imide groups is 1. The molecule has 1 saturated heterocycles. The number of carbonyl (C=O) groups is 3. The lowest BCUT2D eigenvalue weighted by molar-refractivity contribution is -0.140. The maximum atomic E-state index is 12.8. The van der Waals surface area contributed by atoms with Gasteiger partial charge < -0.3 is 5.32 Å². The van der Waals surface area contributed by atoms with Gasteiger partial charge in [0.15, 0.2) is 0 Å². The molecule has 1 aromatic carbocycles. The van der Waals surface area contributed by atoms with Crippen LogP contribution in [0.25, 0.3) is 0 Å². The Morgan fingerprint density at radius 2 is 1.59 bits per heavy atom. The number of nitrogens with zero attached hydrogens (tertiary/aromatic N) is 1. The molecular weight excluding hydrogens is 615 g/mol. The van der Waals surface area contributed by atoms with Gasteiger partial charge >= 0.3 is 0 Å². The van der Waals surface area contributed by atoms with Crippen molar-refractivity contribution in [1.29, 1.82) is 0 Å². The Morgan fingerprint density at radius 3 is 2.17 bits per heavy atom. The summed E-state index contributed by atoms with van der Waals surface area (Å²) in [4.78, 5) is 39.8. The first-order valence-electron chi connectivity index (χ1n) is 10.1. The molecular formula is C21H23Br2IN2O3. The second-order valence-electron chi connectivity index (χ2n) is 8.20. The molecule has 0 spiro atoms. The lowest BCUT2D eigenvalue weighted by atomic mass is 9.81. The zero-order valence-corrected chi connectivity index (χ0v) is 21.2. The highest BCUT2D eigenvalue weighted by atomic mass is 127. The van der Waals surface area contributed by atoms with Crippen LogP contribution in [0.3, 0.4) is 0 Å². The van der Waals surface area contributed by atoms with Gasteiger partial charge in [-0.05, 0) is 78.0 Å². The zero-order valence-electron chi connectivity index (χ0n) is 15.8. The van der Waals surface area contributed by atoms with Crippen LogP contribution in [0.15, 0.2) is 24.3 Å². The van der Waals surface area contributed by atoms with Crippen LogP contribution in [0.5, 0.6) is 0 Å². The van der Waals surface area contributed by atoms with Crippen molar-refractivity contribution < 1.29 is 14.4 Å². The van der Waals surface area contributed by atoms with Gasteiger partial charge in [-0.2, -0.15) is 0 Å². The molecule has 2 bridgehead atoms. The van der Waals surface area contributed by atoms with Gasteiger partial charge in [-0.15, -0.1) is 0 Å². The van der Waals surface area contributed by atoms with Crippen LogP contribution in [0.2, 0.25) is 0 Å². The van der Waals surface area contributed by atoms with Crippen LogP contribution < -0.4 is 5.32 Å². The van der Waals surface area contributed by atoms with Crippen LogP contribution in [-0.2, 0) is 14.4 Å². The third kappa shape index (κ3) is 4.18. The standard InChI is InChI=1S/C21H23Br2IN2O3/c22-18-13-10-14(19(18)23)17-16(13)20(28)26(21(17)29)9-3-1-2-4-15(27)25-12-7-5-11(24)6-8-12/h5-8,13-14,16-19H,1-4,9-10H2,(H,25,27). The number of anilines is 1. The van der Waals surface area contributed by atoms with Gasteiger partial charge in [0.2, 0.25) is 17.7 Å². The minimum absolute atomic E-state index is 0.00244. The zero-order chi connectivity index (χ0) is 20.7. The van der Waals surface area contributed by atoms with Crippen molar-refractivity contribution >= 4 is 77.9 Å². The fraction of sp³-hybridized carbons (Fsp3) is 0.571. The summed E-state index contributed by atoms with van der Waals surface area (Å²) in [5.41, 5.74) is 0.806. The Kier molecular flexibility index (Phi) is 6.70. The number of fused-ring (bicyclic) bond motifs is 5. The molecule has 1 aromatic rings. The Labute approximate surface area is 201 Å². The highest BCUT2D eigenvalue weighted by Gasteiger charge is 2.66. The molecule has 5 nitrogen and oxygen atoms in total. The summed E-state index contributed by atoms with van der Waals surface area (Å²) in [5, 5.41) is 2.90. The largest absolute Gasteiger partial charge is 0.326 e. The van der Waals surface area contributed by atoms with Crippen molar-refractivity contribution in [3.63, 3.8) is 0 Å². The molecule has 6 atom stereocenters. The minimum Gasteiger partial charge on any atom is -0.326 e. The molecule has 29 heavy (non-hydrogen) atoms. The fourth-order valence-electron chi connectivity index (χ4n) is 5.12. The average molecular weight is 638 g/mol. The van der Waals surface area contributed by atoms with Crippen molar-refractivity contribution in [1.82, 2.24) is 4.90 Å². The van der Waals surface area contributed by atoms with E-state index in [2.05, 4.69) is 59.8 Å². The number of likely N-dealkylation sites (tertiary alicyclic amines) is 1. The number of alkyl halides is 2. The Hall–Kier alpha value is -0.480. The molecule has 1 heterocycles.